The molecule has 1 aromatic rings. The van der Waals surface area contributed by atoms with E-state index in [1.807, 2.05) is 13.0 Å². The number of carbonyl (C=O) groups excluding carboxylic acids is 1. The number of aromatic nitrogens is 1. The lowest BCUT2D eigenvalue weighted by Crippen LogP contribution is -2.48. The molecule has 0 bridgehead atoms. The predicted molar refractivity (Wildman–Crippen MR) is 55.0 cm³/mol. The van der Waals surface area contributed by atoms with Crippen LogP contribution in [0.2, 0.25) is 0 Å². The fourth-order valence-corrected chi connectivity index (χ4v) is 2.21. The highest BCUT2D eigenvalue weighted by molar-refractivity contribution is 5.84. The van der Waals surface area contributed by atoms with E-state index in [-0.39, 0.29) is 11.9 Å². The van der Waals surface area contributed by atoms with Crippen molar-refractivity contribution in [1.29, 1.82) is 0 Å². The first-order chi connectivity index (χ1) is 7.10. The molecule has 1 heterocycles. The van der Waals surface area contributed by atoms with Gasteiger partial charge < -0.3 is 10.5 Å². The van der Waals surface area contributed by atoms with Gasteiger partial charge in [-0.1, -0.05) is 6.92 Å². The van der Waals surface area contributed by atoms with Crippen LogP contribution in [0.3, 0.4) is 0 Å². The van der Waals surface area contributed by atoms with Crippen molar-refractivity contribution in [2.24, 2.45) is 11.7 Å². The Morgan fingerprint density at radius 2 is 2.47 bits per heavy atom. The Morgan fingerprint density at radius 1 is 1.73 bits per heavy atom. The Morgan fingerprint density at radius 3 is 3.13 bits per heavy atom. The monoisotopic (exact) mass is 206 g/mol. The molecule has 0 radical (unpaired) electrons. The zero-order valence-corrected chi connectivity index (χ0v) is 8.86. The number of hydrogen-bond acceptors (Lipinski definition) is 4. The van der Waals surface area contributed by atoms with Gasteiger partial charge in [-0.05, 0) is 24.0 Å². The lowest BCUT2D eigenvalue weighted by molar-refractivity contribution is -0.149. The molecule has 4 nitrogen and oxygen atoms in total. The molecule has 15 heavy (non-hydrogen) atoms. The summed E-state index contributed by atoms with van der Waals surface area (Å²) in [5, 5.41) is 0. The molecule has 4 heteroatoms. The molecule has 2 unspecified atom stereocenters. The molecule has 0 amide bonds. The molecule has 1 aromatic heterocycles. The van der Waals surface area contributed by atoms with Crippen molar-refractivity contribution >= 4 is 5.97 Å². The number of carbonyl (C=O) groups is 1. The fourth-order valence-electron chi connectivity index (χ4n) is 2.21. The van der Waals surface area contributed by atoms with E-state index in [2.05, 4.69) is 4.98 Å². The van der Waals surface area contributed by atoms with Crippen LogP contribution >= 0.6 is 0 Å². The zero-order valence-electron chi connectivity index (χ0n) is 8.86. The summed E-state index contributed by atoms with van der Waals surface area (Å²) >= 11 is 0. The van der Waals surface area contributed by atoms with Crippen molar-refractivity contribution in [3.05, 3.63) is 29.6 Å². The van der Waals surface area contributed by atoms with Gasteiger partial charge in [0.05, 0.1) is 7.11 Å². The molecular formula is C11H14N2O2. The summed E-state index contributed by atoms with van der Waals surface area (Å²) in [5.41, 5.74) is 7.01. The van der Waals surface area contributed by atoms with Gasteiger partial charge in [-0.3, -0.25) is 4.98 Å². The Hall–Kier alpha value is -1.42. The van der Waals surface area contributed by atoms with Crippen LogP contribution in [-0.4, -0.2) is 18.1 Å². The summed E-state index contributed by atoms with van der Waals surface area (Å²) in [6.07, 6.45) is 4.17. The maximum Gasteiger partial charge on any atom is 0.330 e. The van der Waals surface area contributed by atoms with Crippen LogP contribution in [0.25, 0.3) is 0 Å². The topological polar surface area (TPSA) is 65.2 Å². The fraction of sp³-hybridized carbons (Fsp3) is 0.455. The summed E-state index contributed by atoms with van der Waals surface area (Å²) in [6, 6.07) is 1.91. The average molecular weight is 206 g/mol. The van der Waals surface area contributed by atoms with Gasteiger partial charge in [0.25, 0.3) is 0 Å². The van der Waals surface area contributed by atoms with Crippen molar-refractivity contribution in [3.63, 3.8) is 0 Å². The van der Waals surface area contributed by atoms with E-state index in [1.54, 1.807) is 12.4 Å². The first-order valence-corrected chi connectivity index (χ1v) is 4.91. The number of hydrogen-bond donors (Lipinski definition) is 1. The van der Waals surface area contributed by atoms with E-state index >= 15 is 0 Å². The number of pyridine rings is 1. The number of rotatable bonds is 1. The van der Waals surface area contributed by atoms with Crippen LogP contribution < -0.4 is 5.73 Å². The van der Waals surface area contributed by atoms with Gasteiger partial charge in [-0.2, -0.15) is 0 Å². The largest absolute Gasteiger partial charge is 0.467 e. The van der Waals surface area contributed by atoms with Crippen LogP contribution in [0.4, 0.5) is 0 Å². The van der Waals surface area contributed by atoms with E-state index < -0.39 is 5.54 Å². The third kappa shape index (κ3) is 1.25. The number of ether oxygens (including phenoxy) is 1. The predicted octanol–water partition coefficient (Wildman–Crippen LogP) is 0.601. The molecular weight excluding hydrogens is 192 g/mol. The van der Waals surface area contributed by atoms with Crippen LogP contribution in [0.5, 0.6) is 0 Å². The Balaban J connectivity index is 2.54. The first kappa shape index (κ1) is 10.1. The van der Waals surface area contributed by atoms with E-state index in [0.717, 1.165) is 17.5 Å². The minimum atomic E-state index is -1.03. The summed E-state index contributed by atoms with van der Waals surface area (Å²) in [5.74, 6) is -0.342. The Bertz CT molecular complexity index is 405. The van der Waals surface area contributed by atoms with Gasteiger partial charge in [0.2, 0.25) is 0 Å². The van der Waals surface area contributed by atoms with E-state index in [0.29, 0.717) is 0 Å². The summed E-state index contributed by atoms with van der Waals surface area (Å²) < 4.78 is 4.77. The van der Waals surface area contributed by atoms with Crippen molar-refractivity contribution in [3.8, 4) is 0 Å². The Kier molecular flexibility index (Phi) is 2.23. The van der Waals surface area contributed by atoms with Crippen LogP contribution in [0.1, 0.15) is 18.1 Å². The molecule has 2 atom stereocenters. The lowest BCUT2D eigenvalue weighted by Gasteiger charge is -2.26. The van der Waals surface area contributed by atoms with E-state index in [4.69, 9.17) is 10.5 Å². The molecule has 1 aliphatic rings. The van der Waals surface area contributed by atoms with Gasteiger partial charge in [0.15, 0.2) is 0 Å². The standard InChI is InChI=1S/C11H14N2O2/c1-7-5-8-3-4-13-6-9(8)11(7,12)10(14)15-2/h3-4,6-7H,5,12H2,1-2H3. The third-order valence-corrected chi connectivity index (χ3v) is 3.18. The van der Waals surface area contributed by atoms with E-state index in [1.165, 1.54) is 7.11 Å². The second kappa shape index (κ2) is 3.31. The molecule has 2 rings (SSSR count). The molecule has 0 spiro atoms. The molecule has 1 aliphatic carbocycles. The SMILES string of the molecule is COC(=O)C1(N)c2cnccc2CC1C. The van der Waals surface area contributed by atoms with Crippen LogP contribution in [0.15, 0.2) is 18.5 Å². The highest BCUT2D eigenvalue weighted by atomic mass is 16.5. The van der Waals surface area contributed by atoms with Gasteiger partial charge >= 0.3 is 5.97 Å². The van der Waals surface area contributed by atoms with E-state index in [9.17, 15) is 4.79 Å². The molecule has 0 aromatic carbocycles. The van der Waals surface area contributed by atoms with Crippen LogP contribution in [0, 0.1) is 5.92 Å². The molecule has 0 aliphatic heterocycles. The summed E-state index contributed by atoms with van der Waals surface area (Å²) in [6.45, 7) is 1.96. The third-order valence-electron chi connectivity index (χ3n) is 3.18. The second-order valence-corrected chi connectivity index (χ2v) is 4.00. The highest BCUT2D eigenvalue weighted by Gasteiger charge is 2.48. The quantitative estimate of drug-likeness (QED) is 0.683. The maximum absolute atomic E-state index is 11.7. The number of fused-ring (bicyclic) bond motifs is 1. The molecule has 2 N–H and O–H groups in total. The second-order valence-electron chi connectivity index (χ2n) is 4.00. The van der Waals surface area contributed by atoms with Gasteiger partial charge in [-0.15, -0.1) is 0 Å². The molecule has 0 saturated carbocycles. The number of esters is 1. The van der Waals surface area contributed by atoms with Crippen LogP contribution in [-0.2, 0) is 21.5 Å². The number of methoxy groups -OCH3 is 1. The number of nitrogens with two attached hydrogens (primary N) is 1. The molecule has 0 fully saturated rings. The lowest BCUT2D eigenvalue weighted by atomic mass is 9.86. The van der Waals surface area contributed by atoms with Gasteiger partial charge in [0.1, 0.15) is 5.54 Å². The normalized spacial score (nSPS) is 28.6. The smallest absolute Gasteiger partial charge is 0.330 e. The average Bonchev–Trinajstić information content (AvgIpc) is 2.52. The zero-order chi connectivity index (χ0) is 11.1. The van der Waals surface area contributed by atoms with Crippen molar-refractivity contribution in [1.82, 2.24) is 4.98 Å². The minimum absolute atomic E-state index is 0.0455. The summed E-state index contributed by atoms with van der Waals surface area (Å²) in [7, 11) is 1.36. The molecule has 0 saturated heterocycles. The van der Waals surface area contributed by atoms with Crippen molar-refractivity contribution in [2.45, 2.75) is 18.9 Å². The maximum atomic E-state index is 11.7. The Labute approximate surface area is 88.4 Å². The first-order valence-electron chi connectivity index (χ1n) is 4.91. The van der Waals surface area contributed by atoms with Gasteiger partial charge in [0, 0.05) is 18.0 Å². The highest BCUT2D eigenvalue weighted by Crippen LogP contribution is 2.39. The van der Waals surface area contributed by atoms with Gasteiger partial charge in [-0.25, -0.2) is 4.79 Å². The van der Waals surface area contributed by atoms with Crippen molar-refractivity contribution < 1.29 is 9.53 Å². The number of nitrogens with zero attached hydrogens (tertiary/aromatic N) is 1. The minimum Gasteiger partial charge on any atom is -0.467 e. The molecule has 80 valence electrons. The summed E-state index contributed by atoms with van der Waals surface area (Å²) in [4.78, 5) is 15.7. The van der Waals surface area contributed by atoms with Crippen molar-refractivity contribution in [2.75, 3.05) is 7.11 Å².